The molecule has 0 radical (unpaired) electrons. The van der Waals surface area contributed by atoms with Crippen LogP contribution in [0, 0.1) is 0 Å². The Balaban J connectivity index is 2.29. The third-order valence-corrected chi connectivity index (χ3v) is 4.14. The Kier molecular flexibility index (Phi) is 5.26. The zero-order chi connectivity index (χ0) is 14.5. The molecule has 112 valence electrons. The van der Waals surface area contributed by atoms with Gasteiger partial charge in [-0.05, 0) is 49.3 Å². The first-order chi connectivity index (χ1) is 9.73. The fourth-order valence-corrected chi connectivity index (χ4v) is 2.87. The topological polar surface area (TPSA) is 33.7 Å². The molecule has 0 spiro atoms. The lowest BCUT2D eigenvalue weighted by Gasteiger charge is -2.32. The molecular formula is C16H26N2O2. The molecule has 1 N–H and O–H groups in total. The highest BCUT2D eigenvalue weighted by Gasteiger charge is 2.23. The van der Waals surface area contributed by atoms with E-state index in [0.29, 0.717) is 6.04 Å². The first-order valence-electron chi connectivity index (χ1n) is 7.44. The molecule has 0 aliphatic carbocycles. The van der Waals surface area contributed by atoms with E-state index in [2.05, 4.69) is 36.2 Å². The number of nitrogens with zero attached hydrogens (tertiary/aromatic N) is 1. The van der Waals surface area contributed by atoms with Crippen molar-refractivity contribution >= 4 is 0 Å². The normalized spacial score (nSPS) is 17.9. The van der Waals surface area contributed by atoms with Gasteiger partial charge in [-0.2, -0.15) is 0 Å². The molecule has 1 unspecified atom stereocenters. The summed E-state index contributed by atoms with van der Waals surface area (Å²) in [4.78, 5) is 2.45. The fourth-order valence-electron chi connectivity index (χ4n) is 2.87. The van der Waals surface area contributed by atoms with Crippen molar-refractivity contribution in [3.8, 4) is 11.5 Å². The van der Waals surface area contributed by atoms with E-state index in [-0.39, 0.29) is 0 Å². The molecule has 0 fully saturated rings. The van der Waals surface area contributed by atoms with Crippen molar-refractivity contribution in [3.05, 3.63) is 23.3 Å². The number of rotatable bonds is 6. The second-order valence-electron chi connectivity index (χ2n) is 5.15. The summed E-state index contributed by atoms with van der Waals surface area (Å²) >= 11 is 0. The smallest absolute Gasteiger partial charge is 0.161 e. The van der Waals surface area contributed by atoms with E-state index in [4.69, 9.17) is 9.47 Å². The van der Waals surface area contributed by atoms with Crippen LogP contribution in [0.3, 0.4) is 0 Å². The summed E-state index contributed by atoms with van der Waals surface area (Å²) in [5, 5.41) is 3.63. The van der Waals surface area contributed by atoms with Crippen molar-refractivity contribution in [2.45, 2.75) is 26.3 Å². The monoisotopic (exact) mass is 278 g/mol. The Labute approximate surface area is 122 Å². The van der Waals surface area contributed by atoms with Gasteiger partial charge in [-0.15, -0.1) is 0 Å². The van der Waals surface area contributed by atoms with Crippen molar-refractivity contribution in [1.82, 2.24) is 10.2 Å². The summed E-state index contributed by atoms with van der Waals surface area (Å²) in [6.45, 7) is 8.64. The molecule has 4 heteroatoms. The van der Waals surface area contributed by atoms with E-state index < -0.39 is 0 Å². The number of nitrogens with one attached hydrogen (secondary N) is 1. The van der Waals surface area contributed by atoms with E-state index in [9.17, 15) is 0 Å². The van der Waals surface area contributed by atoms with Crippen LogP contribution >= 0.6 is 0 Å². The van der Waals surface area contributed by atoms with E-state index in [1.54, 1.807) is 14.2 Å². The van der Waals surface area contributed by atoms with E-state index in [1.165, 1.54) is 11.1 Å². The van der Waals surface area contributed by atoms with Gasteiger partial charge >= 0.3 is 0 Å². The van der Waals surface area contributed by atoms with Crippen LogP contribution in [-0.4, -0.2) is 45.3 Å². The lowest BCUT2D eigenvalue weighted by atomic mass is 9.93. The molecule has 0 saturated carbocycles. The van der Waals surface area contributed by atoms with Gasteiger partial charge in [0.1, 0.15) is 0 Å². The average Bonchev–Trinajstić information content (AvgIpc) is 2.51. The second kappa shape index (κ2) is 6.95. The van der Waals surface area contributed by atoms with Gasteiger partial charge in [-0.1, -0.05) is 13.8 Å². The Bertz CT molecular complexity index is 444. The first kappa shape index (κ1) is 15.1. The maximum atomic E-state index is 5.44. The number of hydrogen-bond acceptors (Lipinski definition) is 4. The molecule has 20 heavy (non-hydrogen) atoms. The number of fused-ring (bicyclic) bond motifs is 1. The predicted molar refractivity (Wildman–Crippen MR) is 81.8 cm³/mol. The van der Waals surface area contributed by atoms with Crippen LogP contribution in [0.2, 0.25) is 0 Å². The summed E-state index contributed by atoms with van der Waals surface area (Å²) in [5.74, 6) is 1.65. The molecule has 1 aromatic rings. The van der Waals surface area contributed by atoms with Crippen LogP contribution in [-0.2, 0) is 6.42 Å². The Morgan fingerprint density at radius 2 is 1.80 bits per heavy atom. The molecular weight excluding hydrogens is 252 g/mol. The number of hydrogen-bond donors (Lipinski definition) is 1. The fraction of sp³-hybridized carbons (Fsp3) is 0.625. The number of benzene rings is 1. The third kappa shape index (κ3) is 3.07. The Morgan fingerprint density at radius 1 is 1.15 bits per heavy atom. The minimum atomic E-state index is 0.374. The first-order valence-corrected chi connectivity index (χ1v) is 7.44. The zero-order valence-electron chi connectivity index (χ0n) is 13.0. The minimum Gasteiger partial charge on any atom is -0.493 e. The molecule has 1 atom stereocenters. The number of likely N-dealkylation sites (N-methyl/N-ethyl adjacent to an activating group) is 1. The highest BCUT2D eigenvalue weighted by molar-refractivity contribution is 5.49. The van der Waals surface area contributed by atoms with Gasteiger partial charge in [0.15, 0.2) is 11.5 Å². The number of ether oxygens (including phenoxy) is 2. The SMILES string of the molecule is CCN(CC)CC1NCCc2cc(OC)c(OC)cc21. The van der Waals surface area contributed by atoms with Crippen molar-refractivity contribution < 1.29 is 9.47 Å². The maximum absolute atomic E-state index is 5.44. The molecule has 1 aliphatic heterocycles. The molecule has 0 aromatic heterocycles. The van der Waals surface area contributed by atoms with Crippen LogP contribution < -0.4 is 14.8 Å². The number of methoxy groups -OCH3 is 2. The largest absolute Gasteiger partial charge is 0.493 e. The molecule has 1 aliphatic rings. The average molecular weight is 278 g/mol. The lowest BCUT2D eigenvalue weighted by molar-refractivity contribution is 0.261. The third-order valence-electron chi connectivity index (χ3n) is 4.14. The van der Waals surface area contributed by atoms with E-state index in [1.807, 2.05) is 0 Å². The summed E-state index contributed by atoms with van der Waals surface area (Å²) in [7, 11) is 3.39. The highest BCUT2D eigenvalue weighted by atomic mass is 16.5. The Hall–Kier alpha value is -1.26. The van der Waals surface area contributed by atoms with Gasteiger partial charge in [0.25, 0.3) is 0 Å². The van der Waals surface area contributed by atoms with Gasteiger partial charge in [-0.3, -0.25) is 0 Å². The summed E-state index contributed by atoms with van der Waals surface area (Å²) in [5.41, 5.74) is 2.72. The lowest BCUT2D eigenvalue weighted by Crippen LogP contribution is -2.39. The van der Waals surface area contributed by atoms with Gasteiger partial charge in [0, 0.05) is 12.6 Å². The maximum Gasteiger partial charge on any atom is 0.161 e. The summed E-state index contributed by atoms with van der Waals surface area (Å²) in [6.07, 6.45) is 1.05. The summed E-state index contributed by atoms with van der Waals surface area (Å²) in [6, 6.07) is 4.64. The molecule has 1 heterocycles. The summed E-state index contributed by atoms with van der Waals surface area (Å²) < 4.78 is 10.8. The molecule has 4 nitrogen and oxygen atoms in total. The van der Waals surface area contributed by atoms with Crippen LogP contribution in [0.5, 0.6) is 11.5 Å². The van der Waals surface area contributed by atoms with Gasteiger partial charge in [0.2, 0.25) is 0 Å². The van der Waals surface area contributed by atoms with Crippen molar-refractivity contribution in [2.75, 3.05) is 40.4 Å². The molecule has 0 saturated heterocycles. The highest BCUT2D eigenvalue weighted by Crippen LogP contribution is 2.35. The van der Waals surface area contributed by atoms with Crippen LogP contribution in [0.1, 0.15) is 31.0 Å². The van der Waals surface area contributed by atoms with Crippen LogP contribution in [0.25, 0.3) is 0 Å². The van der Waals surface area contributed by atoms with Gasteiger partial charge < -0.3 is 19.7 Å². The van der Waals surface area contributed by atoms with E-state index in [0.717, 1.165) is 44.1 Å². The molecule has 2 rings (SSSR count). The molecule has 0 amide bonds. The Morgan fingerprint density at radius 3 is 2.40 bits per heavy atom. The van der Waals surface area contributed by atoms with Gasteiger partial charge in [-0.25, -0.2) is 0 Å². The quantitative estimate of drug-likeness (QED) is 0.865. The van der Waals surface area contributed by atoms with Crippen molar-refractivity contribution in [2.24, 2.45) is 0 Å². The minimum absolute atomic E-state index is 0.374. The van der Waals surface area contributed by atoms with Crippen LogP contribution in [0.15, 0.2) is 12.1 Å². The van der Waals surface area contributed by atoms with Crippen molar-refractivity contribution in [1.29, 1.82) is 0 Å². The molecule has 1 aromatic carbocycles. The molecule has 0 bridgehead atoms. The van der Waals surface area contributed by atoms with Crippen LogP contribution in [0.4, 0.5) is 0 Å². The zero-order valence-corrected chi connectivity index (χ0v) is 13.0. The van der Waals surface area contributed by atoms with E-state index >= 15 is 0 Å². The van der Waals surface area contributed by atoms with Crippen molar-refractivity contribution in [3.63, 3.8) is 0 Å². The standard InChI is InChI=1S/C16H26N2O2/c1-5-18(6-2)11-14-13-10-16(20-4)15(19-3)9-12(13)7-8-17-14/h9-10,14,17H,5-8,11H2,1-4H3. The second-order valence-corrected chi connectivity index (χ2v) is 5.15. The predicted octanol–water partition coefficient (Wildman–Crippen LogP) is 2.23. The van der Waals surface area contributed by atoms with Gasteiger partial charge in [0.05, 0.1) is 14.2 Å².